The Labute approximate surface area is 241 Å². The van der Waals surface area contributed by atoms with Gasteiger partial charge in [-0.1, -0.05) is 65.3 Å². The summed E-state index contributed by atoms with van der Waals surface area (Å²) >= 11 is 6.24. The highest BCUT2D eigenvalue weighted by Crippen LogP contribution is 2.47. The van der Waals surface area contributed by atoms with Crippen molar-refractivity contribution in [3.63, 3.8) is 0 Å². The van der Waals surface area contributed by atoms with Crippen LogP contribution in [-0.4, -0.2) is 48.9 Å². The molecule has 4 rings (SSSR count). The lowest BCUT2D eigenvalue weighted by Gasteiger charge is -2.45. The van der Waals surface area contributed by atoms with Gasteiger partial charge in [0.2, 0.25) is 0 Å². The van der Waals surface area contributed by atoms with Gasteiger partial charge in [0, 0.05) is 17.2 Å². The second kappa shape index (κ2) is 10.6. The minimum absolute atomic E-state index is 0.0755. The summed E-state index contributed by atoms with van der Waals surface area (Å²) in [7, 11) is -3.95. The normalized spacial score (nSPS) is 21.1. The highest BCUT2D eigenvalue weighted by atomic mass is 35.5. The van der Waals surface area contributed by atoms with E-state index in [1.54, 1.807) is 6.33 Å². The van der Waals surface area contributed by atoms with Gasteiger partial charge in [-0.05, 0) is 73.6 Å². The summed E-state index contributed by atoms with van der Waals surface area (Å²) in [5, 5.41) is 4.70. The molecular weight excluding hydrogens is 542 g/mol. The first-order valence-electron chi connectivity index (χ1n) is 14.0. The summed E-state index contributed by atoms with van der Waals surface area (Å²) in [5.74, 6) is 1.84. The quantitative estimate of drug-likeness (QED) is 0.203. The van der Waals surface area contributed by atoms with Crippen molar-refractivity contribution in [2.24, 2.45) is 5.92 Å². The third-order valence-electron chi connectivity index (χ3n) is 9.05. The molecule has 2 N–H and O–H groups in total. The SMILES string of the molecule is CC(C)(C)[Si](C)(C)OC[C@H]1CC[C@@](Nc2ncnc3nc(-c4cccc(Cl)c4)[nH]c23)(O[Si](C)(C)C(C)(C)C)C1. The van der Waals surface area contributed by atoms with Crippen molar-refractivity contribution in [2.45, 2.75) is 103 Å². The second-order valence-corrected chi connectivity index (χ2v) is 24.1. The van der Waals surface area contributed by atoms with Gasteiger partial charge in [-0.2, -0.15) is 0 Å². The Morgan fingerprint density at radius 3 is 2.38 bits per heavy atom. The molecule has 2 heterocycles. The molecule has 0 radical (unpaired) electrons. The van der Waals surface area contributed by atoms with Crippen molar-refractivity contribution in [1.29, 1.82) is 0 Å². The number of nitrogens with zero attached hydrogens (tertiary/aromatic N) is 3. The Morgan fingerprint density at radius 2 is 1.74 bits per heavy atom. The van der Waals surface area contributed by atoms with Crippen LogP contribution in [0.5, 0.6) is 0 Å². The van der Waals surface area contributed by atoms with Crippen LogP contribution in [0.4, 0.5) is 5.82 Å². The fourth-order valence-corrected chi connectivity index (χ4v) is 7.37. The van der Waals surface area contributed by atoms with Gasteiger partial charge in [0.25, 0.3) is 0 Å². The number of imidazole rings is 1. The van der Waals surface area contributed by atoms with Gasteiger partial charge in [0.1, 0.15) is 23.4 Å². The number of hydrogen-bond donors (Lipinski definition) is 2. The molecule has 0 aliphatic heterocycles. The van der Waals surface area contributed by atoms with Crippen molar-refractivity contribution < 1.29 is 8.85 Å². The standard InChI is InChI=1S/C29H46ClN5O2Si2/c1-27(2,3)38(7,8)36-18-20-14-15-29(17-20,37-39(9,10)28(4,5)6)35-26-23-25(31-19-32-26)34-24(33-23)21-12-11-13-22(30)16-21/h11-13,16,19-20H,14-15,17-18H2,1-10H3,(H2,31,32,33,34,35)/t20-,29+/m0/s1. The van der Waals surface area contributed by atoms with Crippen LogP contribution in [0.3, 0.4) is 0 Å². The van der Waals surface area contributed by atoms with Crippen LogP contribution in [0.1, 0.15) is 60.8 Å². The van der Waals surface area contributed by atoms with E-state index in [0.717, 1.165) is 36.9 Å². The average Bonchev–Trinajstić information content (AvgIpc) is 3.41. The summed E-state index contributed by atoms with van der Waals surface area (Å²) < 4.78 is 13.9. The van der Waals surface area contributed by atoms with Gasteiger partial charge in [0.05, 0.1) is 0 Å². The predicted molar refractivity (Wildman–Crippen MR) is 167 cm³/mol. The molecule has 1 aliphatic carbocycles. The lowest BCUT2D eigenvalue weighted by molar-refractivity contribution is 0.0798. The number of aromatic nitrogens is 4. The minimum atomic E-state index is -2.11. The van der Waals surface area contributed by atoms with Gasteiger partial charge in [-0.3, -0.25) is 0 Å². The zero-order valence-corrected chi connectivity index (χ0v) is 28.1. The third-order valence-corrected chi connectivity index (χ3v) is 18.3. The molecule has 1 aromatic carbocycles. The first-order valence-corrected chi connectivity index (χ1v) is 20.2. The number of H-pyrrole nitrogens is 1. The molecule has 2 aromatic heterocycles. The molecule has 1 aliphatic rings. The summed E-state index contributed by atoms with van der Waals surface area (Å²) in [6.07, 6.45) is 4.38. The Kier molecular flexibility index (Phi) is 8.17. The van der Waals surface area contributed by atoms with E-state index in [1.807, 2.05) is 24.3 Å². The molecule has 39 heavy (non-hydrogen) atoms. The average molecular weight is 588 g/mol. The van der Waals surface area contributed by atoms with Gasteiger partial charge in [0.15, 0.2) is 28.1 Å². The van der Waals surface area contributed by atoms with Crippen molar-refractivity contribution in [3.8, 4) is 11.4 Å². The Hall–Kier alpha value is -1.79. The van der Waals surface area contributed by atoms with Gasteiger partial charge in [-0.15, -0.1) is 0 Å². The predicted octanol–water partition coefficient (Wildman–Crippen LogP) is 8.63. The number of hydrogen-bond acceptors (Lipinski definition) is 6. The summed E-state index contributed by atoms with van der Waals surface area (Å²) in [5.41, 5.74) is 1.75. The number of aromatic amines is 1. The van der Waals surface area contributed by atoms with Crippen LogP contribution < -0.4 is 5.32 Å². The summed E-state index contributed by atoms with van der Waals surface area (Å²) in [4.78, 5) is 17.3. The van der Waals surface area contributed by atoms with Crippen molar-refractivity contribution in [1.82, 2.24) is 19.9 Å². The molecule has 0 spiro atoms. The molecule has 1 saturated carbocycles. The van der Waals surface area contributed by atoms with Crippen LogP contribution in [0, 0.1) is 5.92 Å². The number of nitrogens with one attached hydrogen (secondary N) is 2. The van der Waals surface area contributed by atoms with Crippen molar-refractivity contribution in [3.05, 3.63) is 35.6 Å². The van der Waals surface area contributed by atoms with Gasteiger partial charge < -0.3 is 19.2 Å². The fourth-order valence-electron chi connectivity index (χ4n) is 4.58. The van der Waals surface area contributed by atoms with E-state index in [1.165, 1.54) is 0 Å². The lowest BCUT2D eigenvalue weighted by atomic mass is 10.1. The molecule has 0 amide bonds. The van der Waals surface area contributed by atoms with Crippen molar-refractivity contribution >= 4 is 45.2 Å². The molecule has 1 fully saturated rings. The van der Waals surface area contributed by atoms with E-state index in [2.05, 4.69) is 88.0 Å². The summed E-state index contributed by atoms with van der Waals surface area (Å²) in [6, 6.07) is 7.65. The number of halogens is 1. The maximum absolute atomic E-state index is 7.21. The van der Waals surface area contributed by atoms with E-state index in [-0.39, 0.29) is 10.1 Å². The zero-order valence-electron chi connectivity index (χ0n) is 25.3. The topological polar surface area (TPSA) is 85.0 Å². The van der Waals surface area contributed by atoms with E-state index < -0.39 is 22.4 Å². The molecule has 0 unspecified atom stereocenters. The van der Waals surface area contributed by atoms with Crippen LogP contribution in [-0.2, 0) is 8.85 Å². The molecule has 0 bridgehead atoms. The highest BCUT2D eigenvalue weighted by molar-refractivity contribution is 6.74. The lowest BCUT2D eigenvalue weighted by Crippen LogP contribution is -2.52. The maximum atomic E-state index is 7.21. The van der Waals surface area contributed by atoms with Gasteiger partial charge >= 0.3 is 0 Å². The van der Waals surface area contributed by atoms with Crippen LogP contribution >= 0.6 is 11.6 Å². The van der Waals surface area contributed by atoms with E-state index in [0.29, 0.717) is 28.2 Å². The van der Waals surface area contributed by atoms with E-state index >= 15 is 0 Å². The Balaban J connectivity index is 1.65. The smallest absolute Gasteiger partial charge is 0.195 e. The Morgan fingerprint density at radius 1 is 1.05 bits per heavy atom. The van der Waals surface area contributed by atoms with E-state index in [4.69, 9.17) is 25.4 Å². The molecular formula is C29H46ClN5O2Si2. The molecule has 0 saturated heterocycles. The third kappa shape index (κ3) is 6.59. The maximum Gasteiger partial charge on any atom is 0.195 e. The zero-order chi connectivity index (χ0) is 28.9. The number of benzene rings is 1. The van der Waals surface area contributed by atoms with Crippen LogP contribution in [0.2, 0.25) is 41.3 Å². The number of anilines is 1. The minimum Gasteiger partial charge on any atom is -0.417 e. The van der Waals surface area contributed by atoms with Gasteiger partial charge in [-0.25, -0.2) is 15.0 Å². The molecule has 2 atom stereocenters. The monoisotopic (exact) mass is 587 g/mol. The fraction of sp³-hybridized carbons (Fsp3) is 0.621. The van der Waals surface area contributed by atoms with Crippen LogP contribution in [0.25, 0.3) is 22.6 Å². The van der Waals surface area contributed by atoms with Crippen LogP contribution in [0.15, 0.2) is 30.6 Å². The molecule has 3 aromatic rings. The first-order chi connectivity index (χ1) is 17.9. The largest absolute Gasteiger partial charge is 0.417 e. The number of fused-ring (bicyclic) bond motifs is 1. The highest BCUT2D eigenvalue weighted by Gasteiger charge is 2.49. The Bertz CT molecular complexity index is 1310. The molecule has 10 heteroatoms. The second-order valence-electron chi connectivity index (χ2n) is 14.2. The number of rotatable bonds is 8. The summed E-state index contributed by atoms with van der Waals surface area (Å²) in [6.45, 7) is 23.8. The van der Waals surface area contributed by atoms with E-state index in [9.17, 15) is 0 Å². The first kappa shape index (κ1) is 30.2. The molecule has 214 valence electrons. The molecule has 7 nitrogen and oxygen atoms in total. The van der Waals surface area contributed by atoms with Crippen molar-refractivity contribution in [2.75, 3.05) is 11.9 Å².